The Morgan fingerprint density at radius 1 is 1.10 bits per heavy atom. The van der Waals surface area contributed by atoms with Crippen LogP contribution in [0, 0.1) is 0 Å². The highest BCUT2D eigenvalue weighted by molar-refractivity contribution is 6.04. The van der Waals surface area contributed by atoms with Gasteiger partial charge >= 0.3 is 0 Å². The number of aromatic nitrogens is 2. The number of hydrogen-bond donors (Lipinski definition) is 3. The van der Waals surface area contributed by atoms with Crippen LogP contribution in [0.5, 0.6) is 5.75 Å². The predicted octanol–water partition coefficient (Wildman–Crippen LogP) is 4.29. The molecule has 3 fully saturated rings. The SMILES string of the molecule is CCC1C(=O)N(C)c2cnc(Nc3ccc(C(=O)NC4CCN(CCC(C=O)NC)C4)cc3OC)nc2N1C1CCCC1.COC1CCCC1. The van der Waals surface area contributed by atoms with Crippen LogP contribution in [0.2, 0.25) is 0 Å². The van der Waals surface area contributed by atoms with E-state index in [9.17, 15) is 14.4 Å². The summed E-state index contributed by atoms with van der Waals surface area (Å²) >= 11 is 0. The quantitative estimate of drug-likeness (QED) is 0.259. The number of methoxy groups -OCH3 is 2. The van der Waals surface area contributed by atoms with Crippen molar-refractivity contribution in [2.45, 2.75) is 108 Å². The minimum Gasteiger partial charge on any atom is -0.495 e. The third-order valence-corrected chi connectivity index (χ3v) is 10.7. The second-order valence-electron chi connectivity index (χ2n) is 13.8. The number of ether oxygens (including phenoxy) is 2. The van der Waals surface area contributed by atoms with E-state index in [1.165, 1.54) is 25.7 Å². The van der Waals surface area contributed by atoms with Crippen LogP contribution in [0.3, 0.4) is 0 Å². The molecule has 3 N–H and O–H groups in total. The molecule has 2 saturated carbocycles. The third-order valence-electron chi connectivity index (χ3n) is 10.7. The van der Waals surface area contributed by atoms with Gasteiger partial charge in [-0.15, -0.1) is 0 Å². The number of nitrogens with zero attached hydrogens (tertiary/aromatic N) is 5. The fourth-order valence-corrected chi connectivity index (χ4v) is 7.65. The molecule has 1 saturated heterocycles. The molecule has 2 aliphatic carbocycles. The fourth-order valence-electron chi connectivity index (χ4n) is 7.65. The molecule has 0 spiro atoms. The van der Waals surface area contributed by atoms with E-state index >= 15 is 0 Å². The second kappa shape index (κ2) is 17.9. The number of nitrogens with one attached hydrogen (secondary N) is 3. The first-order valence-corrected chi connectivity index (χ1v) is 18.4. The number of amides is 2. The van der Waals surface area contributed by atoms with Gasteiger partial charge in [-0.2, -0.15) is 4.98 Å². The highest BCUT2D eigenvalue weighted by Crippen LogP contribution is 2.40. The van der Waals surface area contributed by atoms with Gasteiger partial charge in [-0.05, 0) is 70.2 Å². The number of benzene rings is 1. The summed E-state index contributed by atoms with van der Waals surface area (Å²) in [6.07, 6.45) is 15.3. The number of carbonyl (C=O) groups is 3. The lowest BCUT2D eigenvalue weighted by molar-refractivity contribution is -0.120. The molecule has 0 radical (unpaired) electrons. The smallest absolute Gasteiger partial charge is 0.251 e. The summed E-state index contributed by atoms with van der Waals surface area (Å²) in [6.45, 7) is 4.49. The van der Waals surface area contributed by atoms with Crippen LogP contribution in [0.25, 0.3) is 0 Å². The number of anilines is 4. The van der Waals surface area contributed by atoms with Crippen molar-refractivity contribution in [3.8, 4) is 5.75 Å². The van der Waals surface area contributed by atoms with Gasteiger partial charge in [0.15, 0.2) is 5.82 Å². The summed E-state index contributed by atoms with van der Waals surface area (Å²) in [4.78, 5) is 53.0. The highest BCUT2D eigenvalue weighted by Gasteiger charge is 2.41. The maximum absolute atomic E-state index is 13.2. The van der Waals surface area contributed by atoms with Crippen molar-refractivity contribution >= 4 is 41.2 Å². The Balaban J connectivity index is 0.000000619. The van der Waals surface area contributed by atoms with E-state index in [-0.39, 0.29) is 36.0 Å². The zero-order valence-corrected chi connectivity index (χ0v) is 30.5. The molecule has 3 atom stereocenters. The number of carbonyl (C=O) groups excluding carboxylic acids is 3. The molecule has 13 heteroatoms. The summed E-state index contributed by atoms with van der Waals surface area (Å²) in [7, 11) is 6.94. The van der Waals surface area contributed by atoms with Crippen molar-refractivity contribution in [1.82, 2.24) is 25.5 Å². The molecule has 274 valence electrons. The lowest BCUT2D eigenvalue weighted by Crippen LogP contribution is -2.55. The van der Waals surface area contributed by atoms with Gasteiger partial charge in [0.05, 0.1) is 31.1 Å². The molecule has 0 bridgehead atoms. The maximum atomic E-state index is 13.2. The monoisotopic (exact) mass is 692 g/mol. The molecule has 4 aliphatic rings. The molecular formula is C37H56N8O5. The van der Waals surface area contributed by atoms with Crippen molar-refractivity contribution < 1.29 is 23.9 Å². The van der Waals surface area contributed by atoms with E-state index < -0.39 is 0 Å². The van der Waals surface area contributed by atoms with Crippen LogP contribution in [-0.2, 0) is 14.3 Å². The Kier molecular flexibility index (Phi) is 13.4. The van der Waals surface area contributed by atoms with E-state index in [1.54, 1.807) is 57.6 Å². The standard InChI is InChI=1S/C31H44N8O4.C6H12O/c1-5-25-30(42)37(3)26-17-33-31(36-28(26)39(25)23-8-6-7-9-23)35-24-11-10-20(16-27(24)43-4)29(41)34-21-12-14-38(18-21)15-13-22(19-40)32-2;1-7-6-4-2-3-5-6/h10-11,16-17,19,21-23,25,32H,5-9,12-15,18H2,1-4H3,(H,34,41)(H,33,35,36);6H,2-5H2,1H3. The normalized spacial score (nSPS) is 21.8. The zero-order chi connectivity index (χ0) is 35.6. The minimum atomic E-state index is -0.246. The van der Waals surface area contributed by atoms with Crippen molar-refractivity contribution in [2.24, 2.45) is 0 Å². The summed E-state index contributed by atoms with van der Waals surface area (Å²) in [5.41, 5.74) is 1.85. The molecular weight excluding hydrogens is 636 g/mol. The van der Waals surface area contributed by atoms with E-state index in [2.05, 4.69) is 30.7 Å². The average molecular weight is 693 g/mol. The molecule has 2 amide bonds. The van der Waals surface area contributed by atoms with Gasteiger partial charge in [0.1, 0.15) is 23.8 Å². The topological polar surface area (TPSA) is 141 Å². The fraction of sp³-hybridized carbons (Fsp3) is 0.649. The zero-order valence-electron chi connectivity index (χ0n) is 30.5. The van der Waals surface area contributed by atoms with Crippen LogP contribution >= 0.6 is 0 Å². The lowest BCUT2D eigenvalue weighted by Gasteiger charge is -2.43. The Morgan fingerprint density at radius 2 is 1.84 bits per heavy atom. The van der Waals surface area contributed by atoms with Gasteiger partial charge < -0.3 is 44.9 Å². The van der Waals surface area contributed by atoms with E-state index in [0.29, 0.717) is 41.2 Å². The number of likely N-dealkylation sites (N-methyl/N-ethyl adjacent to an activating group) is 2. The average Bonchev–Trinajstić information content (AvgIpc) is 3.95. The van der Waals surface area contributed by atoms with Crippen LogP contribution < -0.4 is 30.5 Å². The second-order valence-corrected chi connectivity index (χ2v) is 13.8. The molecule has 3 heterocycles. The van der Waals surface area contributed by atoms with E-state index in [4.69, 9.17) is 14.5 Å². The number of aldehydes is 1. The number of hydrogen-bond acceptors (Lipinski definition) is 11. The van der Waals surface area contributed by atoms with Gasteiger partial charge in [-0.3, -0.25) is 9.59 Å². The first-order chi connectivity index (χ1) is 24.3. The number of likely N-dealkylation sites (tertiary alicyclic amines) is 1. The summed E-state index contributed by atoms with van der Waals surface area (Å²) < 4.78 is 10.8. The largest absolute Gasteiger partial charge is 0.495 e. The Hall–Kier alpha value is -3.81. The lowest BCUT2D eigenvalue weighted by atomic mass is 10.0. The van der Waals surface area contributed by atoms with Crippen LogP contribution in [0.15, 0.2) is 24.4 Å². The summed E-state index contributed by atoms with van der Waals surface area (Å²) in [6, 6.07) is 5.21. The van der Waals surface area contributed by atoms with Crippen molar-refractivity contribution in [3.05, 3.63) is 30.0 Å². The van der Waals surface area contributed by atoms with Crippen LogP contribution in [0.1, 0.15) is 87.9 Å². The molecule has 3 unspecified atom stereocenters. The Morgan fingerprint density at radius 3 is 2.48 bits per heavy atom. The van der Waals surface area contributed by atoms with Crippen molar-refractivity contribution in [3.63, 3.8) is 0 Å². The minimum absolute atomic E-state index is 0.0456. The van der Waals surface area contributed by atoms with Gasteiger partial charge in [0, 0.05) is 51.4 Å². The van der Waals surface area contributed by atoms with Crippen LogP contribution in [0.4, 0.5) is 23.1 Å². The van der Waals surface area contributed by atoms with Gasteiger partial charge in [0.2, 0.25) is 11.9 Å². The highest BCUT2D eigenvalue weighted by atomic mass is 16.5. The molecule has 2 aromatic rings. The molecule has 13 nitrogen and oxygen atoms in total. The molecule has 2 aliphatic heterocycles. The number of fused-ring (bicyclic) bond motifs is 1. The van der Waals surface area contributed by atoms with Crippen LogP contribution in [-0.4, -0.2) is 111 Å². The van der Waals surface area contributed by atoms with Crippen molar-refractivity contribution in [1.29, 1.82) is 0 Å². The first-order valence-electron chi connectivity index (χ1n) is 18.4. The summed E-state index contributed by atoms with van der Waals surface area (Å²) in [5, 5.41) is 9.42. The molecule has 1 aromatic carbocycles. The molecule has 6 rings (SSSR count). The molecule has 1 aromatic heterocycles. The Bertz CT molecular complexity index is 1450. The predicted molar refractivity (Wildman–Crippen MR) is 196 cm³/mol. The van der Waals surface area contributed by atoms with E-state index in [1.807, 2.05) is 6.92 Å². The first kappa shape index (κ1) is 37.4. The van der Waals surface area contributed by atoms with Gasteiger partial charge in [0.25, 0.3) is 5.91 Å². The van der Waals surface area contributed by atoms with E-state index in [0.717, 1.165) is 70.3 Å². The third kappa shape index (κ3) is 8.91. The van der Waals surface area contributed by atoms with Gasteiger partial charge in [-0.1, -0.05) is 32.6 Å². The summed E-state index contributed by atoms with van der Waals surface area (Å²) in [5.74, 6) is 1.59. The van der Waals surface area contributed by atoms with Crippen molar-refractivity contribution in [2.75, 3.05) is 63.1 Å². The molecule has 50 heavy (non-hydrogen) atoms. The maximum Gasteiger partial charge on any atom is 0.251 e. The Labute approximate surface area is 296 Å². The van der Waals surface area contributed by atoms with Gasteiger partial charge in [-0.25, -0.2) is 4.98 Å². The number of rotatable bonds is 13.